The van der Waals surface area contributed by atoms with Crippen LogP contribution in [0, 0.1) is 0 Å². The number of aromatic nitrogens is 1. The quantitative estimate of drug-likeness (QED) is 0.702. The van der Waals surface area contributed by atoms with Crippen molar-refractivity contribution >= 4 is 10.9 Å². The van der Waals surface area contributed by atoms with Crippen LogP contribution in [0.5, 0.6) is 5.75 Å². The molecule has 2 rings (SSSR count). The summed E-state index contributed by atoms with van der Waals surface area (Å²) < 4.78 is 7.97. The molecule has 0 aliphatic heterocycles. The number of hydrogen-bond donors (Lipinski definition) is 1. The summed E-state index contributed by atoms with van der Waals surface area (Å²) in [6.07, 6.45) is 7.57. The molecule has 1 N–H and O–H groups in total. The fourth-order valence-corrected chi connectivity index (χ4v) is 2.43. The van der Waals surface area contributed by atoms with Crippen LogP contribution in [0.3, 0.4) is 0 Å². The van der Waals surface area contributed by atoms with E-state index in [0.29, 0.717) is 6.61 Å². The molecule has 0 atom stereocenters. The van der Waals surface area contributed by atoms with Gasteiger partial charge in [-0.1, -0.05) is 19.8 Å². The number of unbranched alkanes of at least 4 members (excludes halogenated alkanes) is 3. The van der Waals surface area contributed by atoms with Gasteiger partial charge < -0.3 is 14.4 Å². The Bertz CT molecular complexity index is 519. The molecule has 1 aromatic heterocycles. The first kappa shape index (κ1) is 14.9. The number of aliphatic hydroxyl groups excluding tert-OH is 1. The molecule has 0 saturated heterocycles. The van der Waals surface area contributed by atoms with Crippen molar-refractivity contribution < 1.29 is 9.84 Å². The maximum atomic E-state index is 8.76. The average molecular weight is 275 g/mol. The fraction of sp³-hybridized carbons (Fsp3) is 0.529. The number of fused-ring (bicyclic) bond motifs is 1. The van der Waals surface area contributed by atoms with Gasteiger partial charge in [-0.15, -0.1) is 0 Å². The lowest BCUT2D eigenvalue weighted by Gasteiger charge is -2.07. The Balaban J connectivity index is 1.94. The van der Waals surface area contributed by atoms with Crippen molar-refractivity contribution in [3.05, 3.63) is 30.5 Å². The van der Waals surface area contributed by atoms with E-state index in [0.717, 1.165) is 44.6 Å². The van der Waals surface area contributed by atoms with E-state index in [1.807, 2.05) is 0 Å². The van der Waals surface area contributed by atoms with Gasteiger partial charge in [-0.25, -0.2) is 0 Å². The van der Waals surface area contributed by atoms with Gasteiger partial charge >= 0.3 is 0 Å². The van der Waals surface area contributed by atoms with Crippen LogP contribution in [0.2, 0.25) is 0 Å². The zero-order valence-electron chi connectivity index (χ0n) is 12.3. The Morgan fingerprint density at radius 2 is 1.95 bits per heavy atom. The van der Waals surface area contributed by atoms with Crippen LogP contribution in [0.15, 0.2) is 30.5 Å². The highest BCUT2D eigenvalue weighted by molar-refractivity contribution is 5.81. The van der Waals surface area contributed by atoms with Crippen LogP contribution in [0.1, 0.15) is 39.0 Å². The summed E-state index contributed by atoms with van der Waals surface area (Å²) in [5.41, 5.74) is 1.27. The third kappa shape index (κ3) is 4.01. The molecule has 0 aliphatic rings. The van der Waals surface area contributed by atoms with E-state index < -0.39 is 0 Å². The molecule has 0 bridgehead atoms. The van der Waals surface area contributed by atoms with Crippen LogP contribution in [-0.4, -0.2) is 22.9 Å². The molecule has 0 aliphatic carbocycles. The van der Waals surface area contributed by atoms with E-state index >= 15 is 0 Å². The second kappa shape index (κ2) is 7.95. The zero-order chi connectivity index (χ0) is 14.2. The number of ether oxygens (including phenoxy) is 1. The van der Waals surface area contributed by atoms with Gasteiger partial charge in [0, 0.05) is 30.3 Å². The van der Waals surface area contributed by atoms with Gasteiger partial charge in [0.2, 0.25) is 0 Å². The summed E-state index contributed by atoms with van der Waals surface area (Å²) in [4.78, 5) is 0. The molecule has 20 heavy (non-hydrogen) atoms. The second-order valence-electron chi connectivity index (χ2n) is 5.22. The summed E-state index contributed by atoms with van der Waals surface area (Å²) in [7, 11) is 0. The number of nitrogens with zero attached hydrogens (tertiary/aromatic N) is 1. The number of benzene rings is 1. The minimum atomic E-state index is 0.312. The predicted molar refractivity (Wildman–Crippen MR) is 83.3 cm³/mol. The van der Waals surface area contributed by atoms with Gasteiger partial charge in [0.05, 0.1) is 6.61 Å². The van der Waals surface area contributed by atoms with E-state index in [1.165, 1.54) is 17.3 Å². The van der Waals surface area contributed by atoms with Gasteiger partial charge in [0.25, 0.3) is 0 Å². The van der Waals surface area contributed by atoms with E-state index in [4.69, 9.17) is 9.84 Å². The van der Waals surface area contributed by atoms with Gasteiger partial charge in [-0.3, -0.25) is 0 Å². The number of aliphatic hydroxyl groups is 1. The Hall–Kier alpha value is -1.48. The minimum absolute atomic E-state index is 0.312. The molecular formula is C17H25NO2. The Kier molecular flexibility index (Phi) is 5.93. The van der Waals surface area contributed by atoms with Crippen LogP contribution in [0.4, 0.5) is 0 Å². The summed E-state index contributed by atoms with van der Waals surface area (Å²) in [6.45, 7) is 4.25. The molecular weight excluding hydrogens is 250 g/mol. The monoisotopic (exact) mass is 275 g/mol. The highest BCUT2D eigenvalue weighted by atomic mass is 16.5. The lowest BCUT2D eigenvalue weighted by molar-refractivity contribution is 0.282. The third-order valence-corrected chi connectivity index (χ3v) is 3.52. The van der Waals surface area contributed by atoms with Crippen molar-refractivity contribution in [2.45, 2.75) is 45.6 Å². The highest BCUT2D eigenvalue weighted by Gasteiger charge is 2.02. The van der Waals surface area contributed by atoms with Gasteiger partial charge in [-0.05, 0) is 43.5 Å². The Morgan fingerprint density at radius 1 is 1.10 bits per heavy atom. The molecule has 2 aromatic rings. The van der Waals surface area contributed by atoms with E-state index in [-0.39, 0.29) is 0 Å². The first-order valence-electron chi connectivity index (χ1n) is 7.67. The van der Waals surface area contributed by atoms with E-state index in [9.17, 15) is 0 Å². The van der Waals surface area contributed by atoms with E-state index in [1.54, 1.807) is 0 Å². The minimum Gasteiger partial charge on any atom is -0.494 e. The average Bonchev–Trinajstić information content (AvgIpc) is 2.87. The van der Waals surface area contributed by atoms with Crippen molar-refractivity contribution in [2.75, 3.05) is 13.2 Å². The molecule has 0 spiro atoms. The second-order valence-corrected chi connectivity index (χ2v) is 5.22. The van der Waals surface area contributed by atoms with Crippen molar-refractivity contribution in [1.82, 2.24) is 4.57 Å². The molecule has 0 radical (unpaired) electrons. The lowest BCUT2D eigenvalue weighted by atomic mass is 10.2. The van der Waals surface area contributed by atoms with Gasteiger partial charge in [0.15, 0.2) is 0 Å². The summed E-state index contributed by atoms with van der Waals surface area (Å²) in [6, 6.07) is 8.48. The summed E-state index contributed by atoms with van der Waals surface area (Å²) >= 11 is 0. The first-order valence-corrected chi connectivity index (χ1v) is 7.67. The Morgan fingerprint density at radius 3 is 2.75 bits per heavy atom. The molecule has 0 fully saturated rings. The number of aryl methyl sites for hydroxylation is 1. The van der Waals surface area contributed by atoms with Crippen LogP contribution in [0.25, 0.3) is 10.9 Å². The normalized spacial score (nSPS) is 11.1. The van der Waals surface area contributed by atoms with Crippen molar-refractivity contribution in [1.29, 1.82) is 0 Å². The fourth-order valence-electron chi connectivity index (χ4n) is 2.43. The molecule has 1 aromatic carbocycles. The smallest absolute Gasteiger partial charge is 0.120 e. The molecule has 0 unspecified atom stereocenters. The topological polar surface area (TPSA) is 34.4 Å². The number of rotatable bonds is 9. The third-order valence-electron chi connectivity index (χ3n) is 3.52. The van der Waals surface area contributed by atoms with Crippen molar-refractivity contribution in [2.24, 2.45) is 0 Å². The van der Waals surface area contributed by atoms with Crippen molar-refractivity contribution in [3.63, 3.8) is 0 Å². The summed E-state index contributed by atoms with van der Waals surface area (Å²) in [5.74, 6) is 0.958. The predicted octanol–water partition coefficient (Wildman–Crippen LogP) is 3.98. The zero-order valence-corrected chi connectivity index (χ0v) is 12.3. The van der Waals surface area contributed by atoms with Crippen LogP contribution >= 0.6 is 0 Å². The van der Waals surface area contributed by atoms with Crippen LogP contribution < -0.4 is 4.74 Å². The first-order chi connectivity index (χ1) is 9.85. The standard InChI is InChI=1S/C17H25NO2/c1-2-13-20-16-7-8-17-15(14-16)9-11-18(17)10-5-3-4-6-12-19/h7-9,11,14,19H,2-6,10,12-13H2,1H3. The molecule has 110 valence electrons. The molecule has 0 amide bonds. The van der Waals surface area contributed by atoms with Gasteiger partial charge in [-0.2, -0.15) is 0 Å². The SMILES string of the molecule is CCCOc1ccc2c(ccn2CCCCCCO)c1. The van der Waals surface area contributed by atoms with E-state index in [2.05, 4.69) is 42.0 Å². The molecule has 1 heterocycles. The molecule has 0 saturated carbocycles. The van der Waals surface area contributed by atoms with Gasteiger partial charge in [0.1, 0.15) is 5.75 Å². The van der Waals surface area contributed by atoms with Crippen LogP contribution in [-0.2, 0) is 6.54 Å². The molecule has 3 nitrogen and oxygen atoms in total. The van der Waals surface area contributed by atoms with Crippen molar-refractivity contribution in [3.8, 4) is 5.75 Å². The molecule has 3 heteroatoms. The lowest BCUT2D eigenvalue weighted by Crippen LogP contribution is -1.97. The maximum absolute atomic E-state index is 8.76. The largest absolute Gasteiger partial charge is 0.494 e. The maximum Gasteiger partial charge on any atom is 0.120 e. The highest BCUT2D eigenvalue weighted by Crippen LogP contribution is 2.22. The summed E-state index contributed by atoms with van der Waals surface area (Å²) in [5, 5.41) is 10.0. The number of hydrogen-bond acceptors (Lipinski definition) is 2. The Labute approximate surface area is 121 Å².